The molecule has 0 aliphatic rings. The van der Waals surface area contributed by atoms with Gasteiger partial charge in [-0.3, -0.25) is 9.59 Å². The molecule has 0 bridgehead atoms. The van der Waals surface area contributed by atoms with Crippen LogP contribution in [0.5, 0.6) is 5.75 Å². The van der Waals surface area contributed by atoms with Crippen molar-refractivity contribution in [2.24, 2.45) is 0 Å². The second kappa shape index (κ2) is 11.3. The van der Waals surface area contributed by atoms with Crippen molar-refractivity contribution >= 4 is 27.7 Å². The number of hydrogen-bond acceptors (Lipinski definition) is 3. The third kappa shape index (κ3) is 7.06. The molecule has 0 heterocycles. The summed E-state index contributed by atoms with van der Waals surface area (Å²) in [6.45, 7) is 9.46. The number of amides is 2. The number of halogens is 2. The van der Waals surface area contributed by atoms with Crippen molar-refractivity contribution in [2.75, 3.05) is 6.61 Å². The summed E-state index contributed by atoms with van der Waals surface area (Å²) in [6, 6.07) is 8.90. The zero-order valence-corrected chi connectivity index (χ0v) is 20.3. The van der Waals surface area contributed by atoms with Gasteiger partial charge in [-0.25, -0.2) is 4.39 Å². The van der Waals surface area contributed by atoms with E-state index < -0.39 is 6.04 Å². The molecule has 2 aromatic carbocycles. The third-order valence-corrected chi connectivity index (χ3v) is 6.46. The van der Waals surface area contributed by atoms with E-state index in [1.807, 2.05) is 39.8 Å². The van der Waals surface area contributed by atoms with Gasteiger partial charge in [0.05, 0.1) is 0 Å². The lowest BCUT2D eigenvalue weighted by Gasteiger charge is -2.29. The maximum Gasteiger partial charge on any atom is 0.261 e. The first kappa shape index (κ1) is 24.9. The molecule has 0 aliphatic carbocycles. The standard InChI is InChI=1S/C24H30BrFN2O3/c1-6-17(4)27-24(30)18(5)28(13-19-7-9-20(26)10-8-19)22(29)14-31-21-11-15(2)23(25)16(3)12-21/h7-12,17-18H,6,13-14H2,1-5H3,(H,27,30)/t17-,18+/m0/s1. The van der Waals surface area contributed by atoms with Crippen molar-refractivity contribution in [3.05, 3.63) is 63.4 Å². The molecular weight excluding hydrogens is 463 g/mol. The third-order valence-electron chi connectivity index (χ3n) is 5.21. The van der Waals surface area contributed by atoms with E-state index in [1.165, 1.54) is 17.0 Å². The molecule has 0 saturated heterocycles. The highest BCUT2D eigenvalue weighted by atomic mass is 79.9. The Balaban J connectivity index is 2.18. The van der Waals surface area contributed by atoms with Crippen LogP contribution in [0.15, 0.2) is 40.9 Å². The number of rotatable bonds is 9. The molecule has 0 fully saturated rings. The Hall–Kier alpha value is -2.41. The van der Waals surface area contributed by atoms with Crippen LogP contribution in [0.3, 0.4) is 0 Å². The van der Waals surface area contributed by atoms with Gasteiger partial charge in [0, 0.05) is 17.1 Å². The van der Waals surface area contributed by atoms with Gasteiger partial charge in [-0.2, -0.15) is 0 Å². The van der Waals surface area contributed by atoms with Gasteiger partial charge in [-0.1, -0.05) is 35.0 Å². The highest BCUT2D eigenvalue weighted by Gasteiger charge is 2.27. The van der Waals surface area contributed by atoms with E-state index in [9.17, 15) is 14.0 Å². The first-order valence-corrected chi connectivity index (χ1v) is 11.2. The van der Waals surface area contributed by atoms with Crippen LogP contribution in [0.25, 0.3) is 0 Å². The predicted octanol–water partition coefficient (Wildman–Crippen LogP) is 4.92. The van der Waals surface area contributed by atoms with Gasteiger partial charge in [-0.15, -0.1) is 0 Å². The van der Waals surface area contributed by atoms with Crippen LogP contribution in [0.4, 0.5) is 4.39 Å². The molecule has 2 rings (SSSR count). The number of nitrogens with zero attached hydrogens (tertiary/aromatic N) is 1. The number of benzene rings is 2. The summed E-state index contributed by atoms with van der Waals surface area (Å²) in [5, 5.41) is 2.92. The number of ether oxygens (including phenoxy) is 1. The second-order valence-corrected chi connectivity index (χ2v) is 8.59. The maximum absolute atomic E-state index is 13.3. The summed E-state index contributed by atoms with van der Waals surface area (Å²) in [6.07, 6.45) is 0.787. The molecular formula is C24H30BrFN2O3. The van der Waals surface area contributed by atoms with Crippen LogP contribution in [0.2, 0.25) is 0 Å². The van der Waals surface area contributed by atoms with Crippen molar-refractivity contribution in [1.29, 1.82) is 0 Å². The second-order valence-electron chi connectivity index (χ2n) is 7.80. The monoisotopic (exact) mass is 492 g/mol. The summed E-state index contributed by atoms with van der Waals surface area (Å²) in [5.74, 6) is -0.326. The molecule has 0 spiro atoms. The van der Waals surface area contributed by atoms with E-state index in [4.69, 9.17) is 4.74 Å². The SMILES string of the molecule is CC[C@H](C)NC(=O)[C@@H](C)N(Cc1ccc(F)cc1)C(=O)COc1cc(C)c(Br)c(C)c1. The average Bonchev–Trinajstić information content (AvgIpc) is 2.74. The fourth-order valence-corrected chi connectivity index (χ4v) is 3.28. The molecule has 2 amide bonds. The maximum atomic E-state index is 13.3. The first-order chi connectivity index (χ1) is 14.6. The Morgan fingerprint density at radius 3 is 2.26 bits per heavy atom. The van der Waals surface area contributed by atoms with E-state index in [0.29, 0.717) is 5.75 Å². The Kier molecular flexibility index (Phi) is 9.04. The Labute approximate surface area is 192 Å². The number of hydrogen-bond donors (Lipinski definition) is 1. The Morgan fingerprint density at radius 1 is 1.13 bits per heavy atom. The molecule has 2 atom stereocenters. The van der Waals surface area contributed by atoms with Crippen LogP contribution in [-0.2, 0) is 16.1 Å². The lowest BCUT2D eigenvalue weighted by atomic mass is 10.1. The lowest BCUT2D eigenvalue weighted by molar-refractivity contribution is -0.142. The Bertz CT molecular complexity index is 895. The van der Waals surface area contributed by atoms with Crippen molar-refractivity contribution in [1.82, 2.24) is 10.2 Å². The molecule has 0 unspecified atom stereocenters. The minimum absolute atomic E-state index is 0.00249. The normalized spacial score (nSPS) is 12.7. The van der Waals surface area contributed by atoms with Crippen molar-refractivity contribution in [2.45, 2.75) is 59.7 Å². The van der Waals surface area contributed by atoms with Gasteiger partial charge in [-0.05, 0) is 75.1 Å². The van der Waals surface area contributed by atoms with E-state index >= 15 is 0 Å². The van der Waals surface area contributed by atoms with Crippen LogP contribution < -0.4 is 10.1 Å². The highest BCUT2D eigenvalue weighted by Crippen LogP contribution is 2.26. The van der Waals surface area contributed by atoms with Crippen molar-refractivity contribution in [3.8, 4) is 5.75 Å². The molecule has 1 N–H and O–H groups in total. The fourth-order valence-electron chi connectivity index (χ4n) is 3.05. The van der Waals surface area contributed by atoms with Crippen LogP contribution in [0.1, 0.15) is 43.9 Å². The zero-order valence-electron chi connectivity index (χ0n) is 18.7. The van der Waals surface area contributed by atoms with E-state index in [2.05, 4.69) is 21.2 Å². The summed E-state index contributed by atoms with van der Waals surface area (Å²) in [7, 11) is 0. The predicted molar refractivity (Wildman–Crippen MR) is 123 cm³/mol. The topological polar surface area (TPSA) is 58.6 Å². The largest absolute Gasteiger partial charge is 0.484 e. The average molecular weight is 493 g/mol. The van der Waals surface area contributed by atoms with E-state index in [1.54, 1.807) is 19.1 Å². The number of aryl methyl sites for hydroxylation is 2. The molecule has 31 heavy (non-hydrogen) atoms. The number of carbonyl (C=O) groups is 2. The molecule has 5 nitrogen and oxygen atoms in total. The van der Waals surface area contributed by atoms with Gasteiger partial charge in [0.15, 0.2) is 6.61 Å². The quantitative estimate of drug-likeness (QED) is 0.540. The van der Waals surface area contributed by atoms with Gasteiger partial charge in [0.25, 0.3) is 5.91 Å². The molecule has 0 aromatic heterocycles. The van der Waals surface area contributed by atoms with E-state index in [0.717, 1.165) is 27.6 Å². The molecule has 7 heteroatoms. The summed E-state index contributed by atoms with van der Waals surface area (Å²) >= 11 is 3.52. The minimum Gasteiger partial charge on any atom is -0.484 e. The van der Waals surface area contributed by atoms with Crippen molar-refractivity contribution < 1.29 is 18.7 Å². The van der Waals surface area contributed by atoms with Gasteiger partial charge in [0.2, 0.25) is 5.91 Å². The molecule has 2 aromatic rings. The van der Waals surface area contributed by atoms with Gasteiger partial charge >= 0.3 is 0 Å². The Morgan fingerprint density at radius 2 is 1.71 bits per heavy atom. The summed E-state index contributed by atoms with van der Waals surface area (Å²) < 4.78 is 20.0. The van der Waals surface area contributed by atoms with Crippen LogP contribution in [-0.4, -0.2) is 35.4 Å². The lowest BCUT2D eigenvalue weighted by Crippen LogP contribution is -2.50. The minimum atomic E-state index is -0.705. The van der Waals surface area contributed by atoms with Crippen LogP contribution in [0, 0.1) is 19.7 Å². The summed E-state index contributed by atoms with van der Waals surface area (Å²) in [4.78, 5) is 27.2. The number of carbonyl (C=O) groups excluding carboxylic acids is 2. The first-order valence-electron chi connectivity index (χ1n) is 10.4. The van der Waals surface area contributed by atoms with E-state index in [-0.39, 0.29) is 36.8 Å². The molecule has 0 radical (unpaired) electrons. The highest BCUT2D eigenvalue weighted by molar-refractivity contribution is 9.10. The smallest absolute Gasteiger partial charge is 0.261 e. The molecule has 0 saturated carbocycles. The van der Waals surface area contributed by atoms with Gasteiger partial charge in [0.1, 0.15) is 17.6 Å². The molecule has 0 aliphatic heterocycles. The summed E-state index contributed by atoms with van der Waals surface area (Å²) in [5.41, 5.74) is 2.74. The zero-order chi connectivity index (χ0) is 23.1. The van der Waals surface area contributed by atoms with Crippen molar-refractivity contribution in [3.63, 3.8) is 0 Å². The molecule has 168 valence electrons. The van der Waals surface area contributed by atoms with Gasteiger partial charge < -0.3 is 15.0 Å². The fraction of sp³-hybridized carbons (Fsp3) is 0.417. The van der Waals surface area contributed by atoms with Crippen LogP contribution >= 0.6 is 15.9 Å². The number of nitrogens with one attached hydrogen (secondary N) is 1.